The van der Waals surface area contributed by atoms with Gasteiger partial charge in [0.25, 0.3) is 0 Å². The number of nitrogens with zero attached hydrogens (tertiary/aromatic N) is 1. The molecule has 5 aliphatic rings. The highest BCUT2D eigenvalue weighted by atomic mass is 16.3. The molecule has 5 aliphatic carbocycles. The quantitative estimate of drug-likeness (QED) is 0.177. The van der Waals surface area contributed by atoms with E-state index in [0.29, 0.717) is 0 Å². The van der Waals surface area contributed by atoms with Crippen molar-refractivity contribution in [1.29, 1.82) is 0 Å². The third-order valence-electron chi connectivity index (χ3n) is 20.1. The summed E-state index contributed by atoms with van der Waals surface area (Å²) in [7, 11) is 0. The van der Waals surface area contributed by atoms with Crippen molar-refractivity contribution in [3.63, 3.8) is 0 Å². The fraction of sp³-hybridized carbons (Fsp3) is 0.200. The highest BCUT2D eigenvalue weighted by Gasteiger charge is 2.51. The van der Waals surface area contributed by atoms with E-state index in [-0.39, 0.29) is 27.1 Å². The van der Waals surface area contributed by atoms with Crippen LogP contribution in [0.25, 0.3) is 99.5 Å². The molecule has 12 aromatic rings. The molecule has 0 saturated carbocycles. The minimum Gasteiger partial charge on any atom is -0.455 e. The lowest BCUT2D eigenvalue weighted by atomic mass is 9.72. The summed E-state index contributed by atoms with van der Waals surface area (Å²) < 4.78 is 14.3. The molecule has 17 rings (SSSR count). The summed E-state index contributed by atoms with van der Waals surface area (Å²) in [6, 6.07) is 66.3. The summed E-state index contributed by atoms with van der Waals surface area (Å²) in [6.07, 6.45) is 0. The van der Waals surface area contributed by atoms with Crippen LogP contribution in [-0.4, -0.2) is 0 Å². The average Bonchev–Trinajstić information content (AvgIpc) is 2.33. The van der Waals surface area contributed by atoms with Gasteiger partial charge in [0, 0.05) is 76.7 Å². The maximum Gasteiger partial charge on any atom is 0.144 e. The molecule has 2 heterocycles. The maximum absolute atomic E-state index is 7.15. The van der Waals surface area contributed by atoms with Gasteiger partial charge in [-0.15, -0.1) is 0 Å². The second-order valence-corrected chi connectivity index (χ2v) is 25.9. The summed E-state index contributed by atoms with van der Waals surface area (Å²) in [5.41, 5.74) is 32.5. The fourth-order valence-electron chi connectivity index (χ4n) is 16.7. The predicted octanol–water partition coefficient (Wildman–Crippen LogP) is 20.5. The van der Waals surface area contributed by atoms with Crippen molar-refractivity contribution in [2.24, 2.45) is 0 Å². The molecule has 10 aromatic carbocycles. The van der Waals surface area contributed by atoms with Gasteiger partial charge in [0.15, 0.2) is 0 Å². The smallest absolute Gasteiger partial charge is 0.144 e. The summed E-state index contributed by atoms with van der Waals surface area (Å²) in [5, 5.41) is 4.81. The zero-order chi connectivity index (χ0) is 52.9. The third-order valence-corrected chi connectivity index (χ3v) is 20.1. The predicted molar refractivity (Wildman–Crippen MR) is 324 cm³/mol. The SMILES string of the molecule is CC1(C)c2ccccc2-c2c(N(c3ccc4c(c3)C(C)(C)c3c5c(c6c(oc7ccccc76)c3-4)-c3ccccc3C5(C)C)c3ccc4c(c3)C(C)(C)c3c5c(c6c(oc7ccccc76)c3-4)-c3ccccc3C5(C)C)cccc21. The molecule has 0 spiro atoms. The summed E-state index contributed by atoms with van der Waals surface area (Å²) in [5.74, 6) is 0. The van der Waals surface area contributed by atoms with Crippen LogP contribution in [0.4, 0.5) is 17.1 Å². The zero-order valence-electron chi connectivity index (χ0n) is 46.0. The molecule has 0 saturated heterocycles. The third kappa shape index (κ3) is 5.09. The Morgan fingerprint density at radius 3 is 1.13 bits per heavy atom. The van der Waals surface area contributed by atoms with Crippen molar-refractivity contribution in [2.45, 2.75) is 96.3 Å². The molecule has 0 bridgehead atoms. The normalized spacial score (nSPS) is 17.1. The van der Waals surface area contributed by atoms with E-state index in [0.717, 1.165) is 33.7 Å². The first-order valence-electron chi connectivity index (χ1n) is 28.1. The monoisotopic (exact) mass is 1010 g/mol. The van der Waals surface area contributed by atoms with E-state index in [2.05, 4.69) is 250 Å². The molecule has 0 amide bonds. The first kappa shape index (κ1) is 44.7. The van der Waals surface area contributed by atoms with Gasteiger partial charge >= 0.3 is 0 Å². The molecular formula is C75H59NO2. The molecule has 0 radical (unpaired) electrons. The Labute approximate surface area is 455 Å². The maximum atomic E-state index is 7.15. The lowest BCUT2D eigenvalue weighted by Gasteiger charge is -2.33. The molecule has 0 unspecified atom stereocenters. The van der Waals surface area contributed by atoms with Crippen LogP contribution in [0.3, 0.4) is 0 Å². The number of fused-ring (bicyclic) bond motifs is 27. The van der Waals surface area contributed by atoms with Gasteiger partial charge in [0.2, 0.25) is 0 Å². The van der Waals surface area contributed by atoms with Crippen LogP contribution in [0.5, 0.6) is 0 Å². The molecule has 3 heteroatoms. The second-order valence-electron chi connectivity index (χ2n) is 25.9. The largest absolute Gasteiger partial charge is 0.455 e. The average molecular weight is 1010 g/mol. The van der Waals surface area contributed by atoms with Crippen molar-refractivity contribution < 1.29 is 8.83 Å². The lowest BCUT2D eigenvalue weighted by molar-refractivity contribution is 0.600. The van der Waals surface area contributed by atoms with E-state index in [9.17, 15) is 0 Å². The number of hydrogen-bond acceptors (Lipinski definition) is 3. The summed E-state index contributed by atoms with van der Waals surface area (Å²) in [6.45, 7) is 24.4. The van der Waals surface area contributed by atoms with Gasteiger partial charge in [-0.3, -0.25) is 0 Å². The Balaban J connectivity index is 0.931. The first-order valence-corrected chi connectivity index (χ1v) is 28.1. The first-order chi connectivity index (χ1) is 37.5. The van der Waals surface area contributed by atoms with E-state index in [4.69, 9.17) is 8.83 Å². The highest BCUT2D eigenvalue weighted by molar-refractivity contribution is 6.22. The Morgan fingerprint density at radius 2 is 0.654 bits per heavy atom. The zero-order valence-corrected chi connectivity index (χ0v) is 46.0. The Hall–Kier alpha value is -8.40. The lowest BCUT2D eigenvalue weighted by Crippen LogP contribution is -2.24. The minimum absolute atomic E-state index is 0.178. The van der Waals surface area contributed by atoms with E-state index in [1.54, 1.807) is 0 Å². The van der Waals surface area contributed by atoms with Gasteiger partial charge in [-0.25, -0.2) is 0 Å². The van der Waals surface area contributed by atoms with Crippen molar-refractivity contribution >= 4 is 60.9 Å². The molecule has 3 nitrogen and oxygen atoms in total. The van der Waals surface area contributed by atoms with Crippen molar-refractivity contribution in [3.8, 4) is 55.6 Å². The Bertz CT molecular complexity index is 4520. The van der Waals surface area contributed by atoms with E-state index >= 15 is 0 Å². The van der Waals surface area contributed by atoms with Gasteiger partial charge in [-0.2, -0.15) is 0 Å². The molecule has 0 N–H and O–H groups in total. The van der Waals surface area contributed by atoms with Gasteiger partial charge in [-0.1, -0.05) is 203 Å². The standard InChI is InChI=1S/C75H59NO2/c1-71(2)49-27-16-11-22-42(49)58-52(71)30-21-31-55(58)76(40-34-36-45-53(38-40)74(7,8)67-63(45)69-61(47-25-14-19-32-56(47)77-69)59-43-23-12-17-28-50(43)72(3,4)65(59)67)41-35-37-46-54(39-41)75(9,10)68-64(46)70-62(48-26-15-20-33-57(48)78-70)60-44-24-13-18-29-51(44)73(5,6)66(60)68/h11-39H,1-10H3. The number of benzene rings is 10. The molecule has 78 heavy (non-hydrogen) atoms. The Morgan fingerprint density at radius 1 is 0.295 bits per heavy atom. The van der Waals surface area contributed by atoms with Crippen molar-refractivity contribution in [3.05, 3.63) is 232 Å². The van der Waals surface area contributed by atoms with Crippen LogP contribution < -0.4 is 4.90 Å². The van der Waals surface area contributed by atoms with Gasteiger partial charge in [-0.05, 0) is 137 Å². The number of anilines is 3. The number of rotatable bonds is 3. The molecule has 0 aliphatic heterocycles. The van der Waals surface area contributed by atoms with E-state index in [1.807, 2.05) is 0 Å². The Kier molecular flexibility index (Phi) is 8.14. The molecule has 0 fully saturated rings. The molecule has 0 atom stereocenters. The van der Waals surface area contributed by atoms with Crippen LogP contribution >= 0.6 is 0 Å². The number of para-hydroxylation sites is 2. The van der Waals surface area contributed by atoms with Crippen LogP contribution in [0.15, 0.2) is 185 Å². The van der Waals surface area contributed by atoms with Gasteiger partial charge in [0.1, 0.15) is 22.3 Å². The topological polar surface area (TPSA) is 29.5 Å². The van der Waals surface area contributed by atoms with Crippen molar-refractivity contribution in [1.82, 2.24) is 0 Å². The summed E-state index contributed by atoms with van der Waals surface area (Å²) >= 11 is 0. The molecule has 376 valence electrons. The molecule has 2 aromatic heterocycles. The van der Waals surface area contributed by atoms with Gasteiger partial charge < -0.3 is 13.7 Å². The fourth-order valence-corrected chi connectivity index (χ4v) is 16.7. The number of hydrogen-bond donors (Lipinski definition) is 0. The second kappa shape index (κ2) is 14.2. The number of furan rings is 2. The van der Waals surface area contributed by atoms with Crippen LogP contribution in [-0.2, 0) is 27.1 Å². The van der Waals surface area contributed by atoms with E-state index < -0.39 is 0 Å². The van der Waals surface area contributed by atoms with Crippen LogP contribution in [0.2, 0.25) is 0 Å². The highest BCUT2D eigenvalue weighted by Crippen LogP contribution is 2.66. The van der Waals surface area contributed by atoms with E-state index in [1.165, 1.54) is 139 Å². The van der Waals surface area contributed by atoms with Crippen LogP contribution in [0.1, 0.15) is 125 Å². The molecular weight excluding hydrogens is 947 g/mol. The van der Waals surface area contributed by atoms with Crippen LogP contribution in [0, 0.1) is 0 Å². The summed E-state index contributed by atoms with van der Waals surface area (Å²) in [4.78, 5) is 2.59. The van der Waals surface area contributed by atoms with Crippen molar-refractivity contribution in [2.75, 3.05) is 4.90 Å². The minimum atomic E-state index is -0.375. The van der Waals surface area contributed by atoms with Gasteiger partial charge in [0.05, 0.1) is 5.69 Å².